The molecule has 5 rings (SSSR count). The second kappa shape index (κ2) is 13.1. The molecule has 2 aromatic rings. The molecule has 14 heteroatoms. The van der Waals surface area contributed by atoms with Gasteiger partial charge in [0.15, 0.2) is 0 Å². The molecule has 45 heavy (non-hydrogen) atoms. The number of rotatable bonds is 6. The summed E-state index contributed by atoms with van der Waals surface area (Å²) < 4.78 is 53.9. The Labute approximate surface area is 266 Å². The number of hydrogen-bond acceptors (Lipinski definition) is 8. The average molecular weight is 650 g/mol. The molecule has 3 aliphatic heterocycles. The maximum Gasteiger partial charge on any atom is 0.419 e. The van der Waals surface area contributed by atoms with Crippen LogP contribution in [0, 0.1) is 6.57 Å². The lowest BCUT2D eigenvalue weighted by molar-refractivity contribution is -0.137. The van der Waals surface area contributed by atoms with Crippen LogP contribution in [0.2, 0.25) is 5.02 Å². The minimum atomic E-state index is -4.63. The largest absolute Gasteiger partial charge is 0.462 e. The smallest absolute Gasteiger partial charge is 0.419 e. The molecular weight excluding hydrogens is 611 g/mol. The molecule has 4 heterocycles. The number of ether oxygens (including phenoxy) is 2. The first kappa shape index (κ1) is 32.9. The zero-order chi connectivity index (χ0) is 32.5. The number of likely N-dealkylation sites (tertiary alicyclic amines) is 1. The molecule has 3 aliphatic rings. The number of fused-ring (bicyclic) bond motifs is 1. The van der Waals surface area contributed by atoms with Crippen LogP contribution in [-0.4, -0.2) is 96.5 Å². The van der Waals surface area contributed by atoms with Crippen LogP contribution < -0.4 is 14.5 Å². The number of alkyl halides is 3. The van der Waals surface area contributed by atoms with Gasteiger partial charge in [0.25, 0.3) is 0 Å². The summed E-state index contributed by atoms with van der Waals surface area (Å²) in [5.41, 5.74) is -0.155. The van der Waals surface area contributed by atoms with E-state index in [0.717, 1.165) is 24.9 Å². The van der Waals surface area contributed by atoms with Gasteiger partial charge in [-0.15, -0.1) is 0 Å². The van der Waals surface area contributed by atoms with E-state index in [-0.39, 0.29) is 35.9 Å². The fourth-order valence-corrected chi connectivity index (χ4v) is 6.48. The van der Waals surface area contributed by atoms with Crippen molar-refractivity contribution in [3.05, 3.63) is 51.5 Å². The topological polar surface area (TPSA) is 78.6 Å². The van der Waals surface area contributed by atoms with Crippen molar-refractivity contribution in [2.75, 3.05) is 62.7 Å². The minimum Gasteiger partial charge on any atom is -0.462 e. The second-order valence-corrected chi connectivity index (χ2v) is 13.2. The molecule has 1 amide bonds. The summed E-state index contributed by atoms with van der Waals surface area (Å²) >= 11 is 6.05. The molecule has 0 radical (unpaired) electrons. The van der Waals surface area contributed by atoms with Crippen molar-refractivity contribution in [1.29, 1.82) is 0 Å². The minimum absolute atomic E-state index is 0.000965. The molecule has 0 N–H and O–H groups in total. The van der Waals surface area contributed by atoms with Gasteiger partial charge in [-0.25, -0.2) is 11.4 Å². The first-order valence-corrected chi connectivity index (χ1v) is 15.5. The molecule has 0 aliphatic carbocycles. The van der Waals surface area contributed by atoms with Gasteiger partial charge in [-0.3, -0.25) is 4.90 Å². The quantitative estimate of drug-likeness (QED) is 0.378. The zero-order valence-corrected chi connectivity index (χ0v) is 26.8. The van der Waals surface area contributed by atoms with Gasteiger partial charge < -0.3 is 29.0 Å². The third kappa shape index (κ3) is 7.49. The zero-order valence-electron chi connectivity index (χ0n) is 26.0. The highest BCUT2D eigenvalue weighted by Gasteiger charge is 2.40. The summed E-state index contributed by atoms with van der Waals surface area (Å²) in [5.74, 6) is 0.621. The maximum atomic E-state index is 14.1. The van der Waals surface area contributed by atoms with Crippen LogP contribution in [0.25, 0.3) is 4.85 Å². The van der Waals surface area contributed by atoms with Crippen LogP contribution >= 0.6 is 11.6 Å². The van der Waals surface area contributed by atoms with Gasteiger partial charge in [-0.2, -0.15) is 23.1 Å². The summed E-state index contributed by atoms with van der Waals surface area (Å²) in [6.45, 7) is 15.9. The van der Waals surface area contributed by atoms with Crippen LogP contribution in [0.5, 0.6) is 6.01 Å². The van der Waals surface area contributed by atoms with Gasteiger partial charge in [0.2, 0.25) is 6.54 Å². The maximum absolute atomic E-state index is 14.1. The fraction of sp³-hybridized carbons (Fsp3) is 0.613. The molecular formula is C31H39ClF3N7O3. The monoisotopic (exact) mass is 649 g/mol. The van der Waals surface area contributed by atoms with Crippen molar-refractivity contribution in [1.82, 2.24) is 19.8 Å². The van der Waals surface area contributed by atoms with Crippen LogP contribution in [0.3, 0.4) is 0 Å². The van der Waals surface area contributed by atoms with E-state index < -0.39 is 29.5 Å². The Morgan fingerprint density at radius 3 is 2.56 bits per heavy atom. The highest BCUT2D eigenvalue weighted by Crippen LogP contribution is 2.43. The van der Waals surface area contributed by atoms with E-state index in [2.05, 4.69) is 9.74 Å². The summed E-state index contributed by atoms with van der Waals surface area (Å²) in [6, 6.07) is 4.13. The normalized spacial score (nSPS) is 21.0. The SMILES string of the molecule is [C-]#[N+]C[C@H]1CN(c2nc(OC[C@H]3CCCN3C)nc3c2CCN(c2cccc(Cl)c2C(F)(F)F)C3)CCN1C(=O)OC(C)(C)C. The fourth-order valence-electron chi connectivity index (χ4n) is 6.21. The number of amides is 1. The van der Waals surface area contributed by atoms with Crippen LogP contribution in [-0.2, 0) is 23.9 Å². The molecule has 1 aromatic heterocycles. The van der Waals surface area contributed by atoms with Crippen molar-refractivity contribution in [3.63, 3.8) is 0 Å². The van der Waals surface area contributed by atoms with E-state index in [4.69, 9.17) is 37.6 Å². The molecule has 2 saturated heterocycles. The Bertz CT molecular complexity index is 1450. The van der Waals surface area contributed by atoms with Crippen LogP contribution in [0.1, 0.15) is 50.4 Å². The Balaban J connectivity index is 1.47. The highest BCUT2D eigenvalue weighted by atomic mass is 35.5. The molecule has 1 aromatic carbocycles. The lowest BCUT2D eigenvalue weighted by atomic mass is 10.0. The molecule has 2 fully saturated rings. The second-order valence-electron chi connectivity index (χ2n) is 12.8. The van der Waals surface area contributed by atoms with Crippen molar-refractivity contribution in [2.24, 2.45) is 0 Å². The van der Waals surface area contributed by atoms with E-state index in [1.165, 1.54) is 18.2 Å². The van der Waals surface area contributed by atoms with E-state index in [1.807, 2.05) is 11.9 Å². The number of likely N-dealkylation sites (N-methyl/N-ethyl adjacent to an activating group) is 1. The predicted octanol–water partition coefficient (Wildman–Crippen LogP) is 5.53. The summed E-state index contributed by atoms with van der Waals surface area (Å²) in [7, 11) is 2.04. The summed E-state index contributed by atoms with van der Waals surface area (Å²) in [6.07, 6.45) is -2.65. The molecule has 0 spiro atoms. The number of hydrogen-bond donors (Lipinski definition) is 0. The number of halogens is 4. The van der Waals surface area contributed by atoms with Crippen molar-refractivity contribution < 1.29 is 27.4 Å². The van der Waals surface area contributed by atoms with Gasteiger partial charge >= 0.3 is 18.3 Å². The molecule has 10 nitrogen and oxygen atoms in total. The van der Waals surface area contributed by atoms with Crippen LogP contribution in [0.4, 0.5) is 29.5 Å². The number of anilines is 2. The van der Waals surface area contributed by atoms with Gasteiger partial charge in [0.05, 0.1) is 28.5 Å². The lowest BCUT2D eigenvalue weighted by Crippen LogP contribution is -2.57. The molecule has 0 saturated carbocycles. The number of benzene rings is 1. The Hall–Kier alpha value is -3.50. The lowest BCUT2D eigenvalue weighted by Gasteiger charge is -2.41. The molecule has 2 atom stereocenters. The van der Waals surface area contributed by atoms with Crippen molar-refractivity contribution in [2.45, 2.75) is 70.4 Å². The Morgan fingerprint density at radius 2 is 1.89 bits per heavy atom. The van der Waals surface area contributed by atoms with Gasteiger partial charge in [0, 0.05) is 37.8 Å². The van der Waals surface area contributed by atoms with Crippen LogP contribution in [0.15, 0.2) is 18.2 Å². The molecule has 0 unspecified atom stereocenters. The Morgan fingerprint density at radius 1 is 1.11 bits per heavy atom. The number of carbonyl (C=O) groups is 1. The van der Waals surface area contributed by atoms with Crippen molar-refractivity contribution >= 4 is 29.2 Å². The van der Waals surface area contributed by atoms with Gasteiger partial charge in [-0.05, 0) is 65.8 Å². The van der Waals surface area contributed by atoms with E-state index >= 15 is 0 Å². The summed E-state index contributed by atoms with van der Waals surface area (Å²) in [4.78, 5) is 33.6. The first-order valence-electron chi connectivity index (χ1n) is 15.2. The number of carbonyl (C=O) groups excluding carboxylic acids is 1. The number of nitrogens with zero attached hydrogens (tertiary/aromatic N) is 7. The number of piperazine rings is 1. The van der Waals surface area contributed by atoms with E-state index in [9.17, 15) is 18.0 Å². The third-order valence-electron chi connectivity index (χ3n) is 8.43. The predicted molar refractivity (Wildman–Crippen MR) is 165 cm³/mol. The number of aromatic nitrogens is 2. The van der Waals surface area contributed by atoms with Gasteiger partial charge in [-0.1, -0.05) is 17.7 Å². The standard InChI is InChI=1S/C31H39ClF3N7O3/c1-30(2,3)45-29(43)42-15-14-41(17-21(42)16-36-4)27-22-11-13-40(25-10-6-9-23(32)26(25)31(33,34)35)18-24(22)37-28(38-27)44-19-20-8-7-12-39(20)5/h6,9-10,20-21H,7-8,11-19H2,1-3,5H3/t20-,21+/m1/s1. The third-order valence-corrected chi connectivity index (χ3v) is 8.74. The van der Waals surface area contributed by atoms with Gasteiger partial charge in [0.1, 0.15) is 24.1 Å². The van der Waals surface area contributed by atoms with Crippen molar-refractivity contribution in [3.8, 4) is 6.01 Å². The molecule has 0 bridgehead atoms. The molecule has 244 valence electrons. The van der Waals surface area contributed by atoms with E-state index in [0.29, 0.717) is 50.7 Å². The average Bonchev–Trinajstić information content (AvgIpc) is 3.38. The Kier molecular flexibility index (Phi) is 9.56. The summed E-state index contributed by atoms with van der Waals surface area (Å²) in [5, 5.41) is -0.354. The highest BCUT2D eigenvalue weighted by molar-refractivity contribution is 6.31. The van der Waals surface area contributed by atoms with E-state index in [1.54, 1.807) is 30.6 Å². The first-order chi connectivity index (χ1) is 21.2.